The first-order valence-corrected chi connectivity index (χ1v) is 12.2. The molecule has 1 fully saturated rings. The highest BCUT2D eigenvalue weighted by molar-refractivity contribution is 8.15. The maximum Gasteiger partial charge on any atom is 0.238 e. The van der Waals surface area contributed by atoms with Gasteiger partial charge in [0.25, 0.3) is 0 Å². The number of anilines is 1. The number of amidine groups is 1. The van der Waals surface area contributed by atoms with Crippen LogP contribution in [-0.4, -0.2) is 40.8 Å². The van der Waals surface area contributed by atoms with Crippen LogP contribution in [0.1, 0.15) is 18.4 Å². The van der Waals surface area contributed by atoms with Gasteiger partial charge in [0.05, 0.1) is 18.5 Å². The van der Waals surface area contributed by atoms with Crippen LogP contribution in [0.2, 0.25) is 0 Å². The van der Waals surface area contributed by atoms with Gasteiger partial charge in [-0.3, -0.25) is 14.5 Å². The summed E-state index contributed by atoms with van der Waals surface area (Å²) in [6.07, 6.45) is 1.59. The number of carbonyl (C=O) groups excluding carboxylic acids is 2. The van der Waals surface area contributed by atoms with Crippen LogP contribution in [-0.2, 0) is 16.0 Å². The van der Waals surface area contributed by atoms with Gasteiger partial charge >= 0.3 is 0 Å². The van der Waals surface area contributed by atoms with Crippen LogP contribution in [0.5, 0.6) is 5.75 Å². The third-order valence-corrected chi connectivity index (χ3v) is 6.74. The van der Waals surface area contributed by atoms with Crippen molar-refractivity contribution in [3.8, 4) is 5.75 Å². The van der Waals surface area contributed by atoms with Crippen LogP contribution >= 0.6 is 11.8 Å². The monoisotopic (exact) mass is 491 g/mol. The first kappa shape index (κ1) is 24.5. The highest BCUT2D eigenvalue weighted by Crippen LogP contribution is 2.31. The van der Waals surface area contributed by atoms with Crippen molar-refractivity contribution in [2.75, 3.05) is 19.0 Å². The molecule has 2 amide bonds. The lowest BCUT2D eigenvalue weighted by molar-refractivity contribution is -0.129. The van der Waals surface area contributed by atoms with Crippen molar-refractivity contribution < 1.29 is 18.7 Å². The fourth-order valence-electron chi connectivity index (χ4n) is 3.69. The fourth-order valence-corrected chi connectivity index (χ4v) is 4.82. The minimum absolute atomic E-state index is 0.0118. The molecule has 8 heteroatoms. The Hall–Kier alpha value is -3.65. The van der Waals surface area contributed by atoms with Crippen LogP contribution in [0, 0.1) is 5.82 Å². The number of hydrogen-bond donors (Lipinski definition) is 1. The van der Waals surface area contributed by atoms with E-state index in [1.807, 2.05) is 18.2 Å². The summed E-state index contributed by atoms with van der Waals surface area (Å²) in [5.41, 5.74) is 1.93. The second-order valence-electron chi connectivity index (χ2n) is 8.01. The van der Waals surface area contributed by atoms with E-state index in [1.54, 1.807) is 48.4 Å². The summed E-state index contributed by atoms with van der Waals surface area (Å²) in [6, 6.07) is 23.2. The highest BCUT2D eigenvalue weighted by Gasteiger charge is 2.36. The molecule has 3 aromatic rings. The standard InChI is InChI=1S/C27H26FN3O3S/c1-34-21-15-13-20(14-16-21)29-27-31(17-7-10-19-8-3-2-4-9-19)25(32)18-24(35-27)26(33)30-23-12-6-5-11-22(23)28/h2-6,8-9,11-16,24H,7,10,17-18H2,1H3,(H,30,33). The lowest BCUT2D eigenvalue weighted by atomic mass is 10.1. The van der Waals surface area contributed by atoms with Crippen LogP contribution < -0.4 is 10.1 Å². The Morgan fingerprint density at radius 2 is 1.80 bits per heavy atom. The van der Waals surface area contributed by atoms with Gasteiger partial charge in [0, 0.05) is 13.0 Å². The average molecular weight is 492 g/mol. The van der Waals surface area contributed by atoms with Crippen molar-refractivity contribution in [2.45, 2.75) is 24.5 Å². The molecule has 0 aliphatic carbocycles. The van der Waals surface area contributed by atoms with Crippen molar-refractivity contribution in [1.29, 1.82) is 0 Å². The molecule has 0 aromatic heterocycles. The van der Waals surface area contributed by atoms with Gasteiger partial charge in [0.1, 0.15) is 16.8 Å². The minimum atomic E-state index is -0.718. The van der Waals surface area contributed by atoms with Gasteiger partial charge < -0.3 is 10.1 Å². The van der Waals surface area contributed by atoms with Crippen molar-refractivity contribution in [1.82, 2.24) is 4.90 Å². The lowest BCUT2D eigenvalue weighted by Crippen LogP contribution is -2.45. The van der Waals surface area contributed by atoms with E-state index in [-0.39, 0.29) is 18.0 Å². The topological polar surface area (TPSA) is 71.0 Å². The molecule has 35 heavy (non-hydrogen) atoms. The van der Waals surface area contributed by atoms with Gasteiger partial charge in [-0.2, -0.15) is 0 Å². The van der Waals surface area contributed by atoms with Gasteiger partial charge in [-0.05, 0) is 54.8 Å². The molecular formula is C27H26FN3O3S. The summed E-state index contributed by atoms with van der Waals surface area (Å²) >= 11 is 1.22. The van der Waals surface area contributed by atoms with E-state index >= 15 is 0 Å². The Morgan fingerprint density at radius 1 is 1.09 bits per heavy atom. The van der Waals surface area contributed by atoms with Gasteiger partial charge in [-0.25, -0.2) is 9.38 Å². The normalized spacial score (nSPS) is 16.9. The van der Waals surface area contributed by atoms with E-state index in [0.29, 0.717) is 23.1 Å². The number of nitrogens with zero attached hydrogens (tertiary/aromatic N) is 2. The van der Waals surface area contributed by atoms with Gasteiger partial charge in [0.2, 0.25) is 11.8 Å². The van der Waals surface area contributed by atoms with E-state index < -0.39 is 17.0 Å². The summed E-state index contributed by atoms with van der Waals surface area (Å²) in [5.74, 6) is -0.441. The molecule has 0 radical (unpaired) electrons. The zero-order chi connectivity index (χ0) is 24.6. The maximum atomic E-state index is 14.0. The number of para-hydroxylation sites is 1. The SMILES string of the molecule is COc1ccc(N=C2SC(C(=O)Nc3ccccc3F)CC(=O)N2CCCc2ccccc2)cc1. The van der Waals surface area contributed by atoms with E-state index in [9.17, 15) is 14.0 Å². The highest BCUT2D eigenvalue weighted by atomic mass is 32.2. The van der Waals surface area contributed by atoms with Gasteiger partial charge in [0.15, 0.2) is 5.17 Å². The van der Waals surface area contributed by atoms with E-state index in [4.69, 9.17) is 4.74 Å². The predicted octanol–water partition coefficient (Wildman–Crippen LogP) is 5.43. The Balaban J connectivity index is 1.52. The number of carbonyl (C=O) groups is 2. The van der Waals surface area contributed by atoms with Crippen LogP contribution in [0.3, 0.4) is 0 Å². The van der Waals surface area contributed by atoms with Gasteiger partial charge in [-0.1, -0.05) is 54.2 Å². The number of nitrogens with one attached hydrogen (secondary N) is 1. The van der Waals surface area contributed by atoms with Crippen molar-refractivity contribution >= 4 is 40.1 Å². The predicted molar refractivity (Wildman–Crippen MR) is 138 cm³/mol. The molecular weight excluding hydrogens is 465 g/mol. The average Bonchev–Trinajstić information content (AvgIpc) is 2.88. The Morgan fingerprint density at radius 3 is 2.51 bits per heavy atom. The smallest absolute Gasteiger partial charge is 0.238 e. The maximum absolute atomic E-state index is 14.0. The summed E-state index contributed by atoms with van der Waals surface area (Å²) in [7, 11) is 1.59. The Bertz CT molecular complexity index is 1200. The lowest BCUT2D eigenvalue weighted by Gasteiger charge is -2.32. The van der Waals surface area contributed by atoms with Gasteiger partial charge in [-0.15, -0.1) is 0 Å². The number of methoxy groups -OCH3 is 1. The largest absolute Gasteiger partial charge is 0.497 e. The second-order valence-corrected chi connectivity index (χ2v) is 9.18. The van der Waals surface area contributed by atoms with E-state index in [0.717, 1.165) is 12.8 Å². The Kier molecular flexibility index (Phi) is 8.15. The number of amides is 2. The number of ether oxygens (including phenoxy) is 1. The zero-order valence-electron chi connectivity index (χ0n) is 19.3. The molecule has 1 aliphatic rings. The summed E-state index contributed by atoms with van der Waals surface area (Å²) in [5, 5.41) is 2.34. The van der Waals surface area contributed by atoms with Crippen molar-refractivity contribution in [3.63, 3.8) is 0 Å². The first-order chi connectivity index (χ1) is 17.0. The summed E-state index contributed by atoms with van der Waals surface area (Å²) in [6.45, 7) is 0.484. The van der Waals surface area contributed by atoms with Crippen molar-refractivity contribution in [2.24, 2.45) is 4.99 Å². The third kappa shape index (κ3) is 6.48. The number of halogens is 1. The molecule has 1 aliphatic heterocycles. The minimum Gasteiger partial charge on any atom is -0.497 e. The third-order valence-electron chi connectivity index (χ3n) is 5.55. The summed E-state index contributed by atoms with van der Waals surface area (Å²) in [4.78, 5) is 32.4. The molecule has 180 valence electrons. The first-order valence-electron chi connectivity index (χ1n) is 11.3. The van der Waals surface area contributed by atoms with Crippen molar-refractivity contribution in [3.05, 3.63) is 90.2 Å². The Labute approximate surface area is 208 Å². The molecule has 0 spiro atoms. The molecule has 6 nitrogen and oxygen atoms in total. The number of aliphatic imine (C=N–C) groups is 1. The number of rotatable bonds is 8. The number of hydrogen-bond acceptors (Lipinski definition) is 5. The second kappa shape index (κ2) is 11.7. The zero-order valence-corrected chi connectivity index (χ0v) is 20.1. The van der Waals surface area contributed by atoms with E-state index in [2.05, 4.69) is 22.4 Å². The van der Waals surface area contributed by atoms with Crippen LogP contribution in [0.15, 0.2) is 83.9 Å². The molecule has 1 saturated heterocycles. The van der Waals surface area contributed by atoms with Crippen LogP contribution in [0.25, 0.3) is 0 Å². The molecule has 1 N–H and O–H groups in total. The fraction of sp³-hybridized carbons (Fsp3) is 0.222. The number of benzene rings is 3. The number of thioether (sulfide) groups is 1. The molecule has 1 heterocycles. The summed E-state index contributed by atoms with van der Waals surface area (Å²) < 4.78 is 19.2. The molecule has 3 aromatic carbocycles. The molecule has 0 saturated carbocycles. The number of aryl methyl sites for hydroxylation is 1. The van der Waals surface area contributed by atoms with Crippen LogP contribution in [0.4, 0.5) is 15.8 Å². The molecule has 1 atom stereocenters. The quantitative estimate of drug-likeness (QED) is 0.456. The molecule has 0 bridgehead atoms. The molecule has 4 rings (SSSR count). The van der Waals surface area contributed by atoms with E-state index in [1.165, 1.54) is 29.5 Å². The molecule has 1 unspecified atom stereocenters.